The molecule has 4 heteroatoms. The van der Waals surface area contributed by atoms with E-state index in [1.54, 1.807) is 12.3 Å². The third-order valence-corrected chi connectivity index (χ3v) is 2.91. The molecule has 0 atom stereocenters. The Kier molecular flexibility index (Phi) is 3.34. The number of nitrogens with two attached hydrogens (primary N) is 1. The molecule has 2 N–H and O–H groups in total. The molecule has 0 spiro atoms. The normalized spacial score (nSPS) is 12.2. The number of carbonyl (C=O) groups excluding carboxylic acids is 1. The van der Waals surface area contributed by atoms with Crippen molar-refractivity contribution in [3.63, 3.8) is 0 Å². The van der Waals surface area contributed by atoms with Crippen LogP contribution in [0.1, 0.15) is 31.9 Å². The van der Waals surface area contributed by atoms with Gasteiger partial charge in [0.15, 0.2) is 5.65 Å². The van der Waals surface area contributed by atoms with E-state index in [9.17, 15) is 4.79 Å². The molecule has 2 rings (SSSR count). The molecule has 0 saturated heterocycles. The maximum Gasteiger partial charge on any atom is 0.241 e. The number of fused-ring (bicyclic) bond motifs is 1. The molecule has 0 fully saturated rings. The van der Waals surface area contributed by atoms with Gasteiger partial charge in [0.25, 0.3) is 0 Å². The summed E-state index contributed by atoms with van der Waals surface area (Å²) in [4.78, 5) is 19.6. The van der Waals surface area contributed by atoms with Gasteiger partial charge in [-0.3, -0.25) is 4.79 Å². The van der Waals surface area contributed by atoms with Gasteiger partial charge in [0, 0.05) is 23.9 Å². The predicted octanol–water partition coefficient (Wildman–Crippen LogP) is 2.43. The van der Waals surface area contributed by atoms with Gasteiger partial charge in [-0.05, 0) is 34.8 Å². The smallest absolute Gasteiger partial charge is 0.241 e. The van der Waals surface area contributed by atoms with Gasteiger partial charge in [-0.2, -0.15) is 0 Å². The van der Waals surface area contributed by atoms with Crippen LogP contribution in [0.3, 0.4) is 0 Å². The molecule has 0 aliphatic carbocycles. The number of pyridine rings is 2. The van der Waals surface area contributed by atoms with Gasteiger partial charge in [0.2, 0.25) is 5.91 Å². The fourth-order valence-corrected chi connectivity index (χ4v) is 1.99. The Labute approximate surface area is 112 Å². The monoisotopic (exact) mass is 255 g/mol. The summed E-state index contributed by atoms with van der Waals surface area (Å²) in [7, 11) is 0. The Balaban J connectivity index is 2.75. The van der Waals surface area contributed by atoms with Gasteiger partial charge in [0.05, 0.1) is 0 Å². The van der Waals surface area contributed by atoms with Crippen LogP contribution < -0.4 is 5.73 Å². The number of carbonyl (C=O) groups is 1. The lowest BCUT2D eigenvalue weighted by molar-refractivity contribution is -0.113. The van der Waals surface area contributed by atoms with Crippen molar-refractivity contribution in [2.24, 2.45) is 5.73 Å². The summed E-state index contributed by atoms with van der Waals surface area (Å²) in [6, 6.07) is 3.81. The minimum atomic E-state index is -0.464. The lowest BCUT2D eigenvalue weighted by atomic mass is 9.84. The molecule has 2 aromatic heterocycles. The molecular weight excluding hydrogens is 238 g/mol. The van der Waals surface area contributed by atoms with Gasteiger partial charge in [-0.25, -0.2) is 9.97 Å². The topological polar surface area (TPSA) is 68.9 Å². The summed E-state index contributed by atoms with van der Waals surface area (Å²) in [5, 5.41) is 0.924. The minimum Gasteiger partial charge on any atom is -0.366 e. The van der Waals surface area contributed by atoms with E-state index in [0.717, 1.165) is 16.5 Å². The molecular formula is C15H17N3O. The fraction of sp³-hybridized carbons (Fsp3) is 0.267. The van der Waals surface area contributed by atoms with Crippen LogP contribution in [0.15, 0.2) is 30.6 Å². The van der Waals surface area contributed by atoms with Crippen LogP contribution >= 0.6 is 0 Å². The zero-order valence-electron chi connectivity index (χ0n) is 11.3. The summed E-state index contributed by atoms with van der Waals surface area (Å²) < 4.78 is 0. The third-order valence-electron chi connectivity index (χ3n) is 2.91. The summed E-state index contributed by atoms with van der Waals surface area (Å²) >= 11 is 0. The number of hydrogen-bond acceptors (Lipinski definition) is 3. The molecule has 19 heavy (non-hydrogen) atoms. The van der Waals surface area contributed by atoms with Crippen LogP contribution in [0.2, 0.25) is 0 Å². The first kappa shape index (κ1) is 13.2. The zero-order valence-corrected chi connectivity index (χ0v) is 11.3. The largest absolute Gasteiger partial charge is 0.366 e. The van der Waals surface area contributed by atoms with E-state index in [4.69, 9.17) is 5.73 Å². The lowest BCUT2D eigenvalue weighted by Crippen LogP contribution is -2.14. The van der Waals surface area contributed by atoms with Gasteiger partial charge in [-0.15, -0.1) is 0 Å². The van der Waals surface area contributed by atoms with Crippen molar-refractivity contribution >= 4 is 23.0 Å². The summed E-state index contributed by atoms with van der Waals surface area (Å²) in [5.74, 6) is -0.464. The third kappa shape index (κ3) is 2.78. The number of nitrogens with zero attached hydrogens (tertiary/aromatic N) is 2. The standard InChI is InChI=1S/C15H17N3O/c1-15(2,3)12-9-18-14-11(5-4-8-17-14)10(12)6-7-13(16)19/h4-9H,1-3H3,(H2,16,19)/b7-6+. The van der Waals surface area contributed by atoms with Crippen molar-refractivity contribution in [3.8, 4) is 0 Å². The number of hydrogen-bond donors (Lipinski definition) is 1. The summed E-state index contributed by atoms with van der Waals surface area (Å²) in [6.07, 6.45) is 6.63. The molecule has 0 saturated carbocycles. The van der Waals surface area contributed by atoms with Gasteiger partial charge >= 0.3 is 0 Å². The van der Waals surface area contributed by atoms with E-state index in [-0.39, 0.29) is 5.41 Å². The highest BCUT2D eigenvalue weighted by Gasteiger charge is 2.19. The maximum absolute atomic E-state index is 11.0. The minimum absolute atomic E-state index is 0.0750. The summed E-state index contributed by atoms with van der Waals surface area (Å²) in [5.41, 5.74) is 7.79. The Hall–Kier alpha value is -2.23. The van der Waals surface area contributed by atoms with Crippen molar-refractivity contribution in [1.82, 2.24) is 9.97 Å². The van der Waals surface area contributed by atoms with E-state index in [1.165, 1.54) is 6.08 Å². The molecule has 0 unspecified atom stereocenters. The van der Waals surface area contributed by atoms with Gasteiger partial charge in [-0.1, -0.05) is 20.8 Å². The van der Waals surface area contributed by atoms with Gasteiger partial charge in [0.1, 0.15) is 0 Å². The highest BCUT2D eigenvalue weighted by Crippen LogP contribution is 2.30. The van der Waals surface area contributed by atoms with Crippen molar-refractivity contribution in [3.05, 3.63) is 41.7 Å². The van der Waals surface area contributed by atoms with Gasteiger partial charge < -0.3 is 5.73 Å². The number of primary amides is 1. The predicted molar refractivity (Wildman–Crippen MR) is 76.5 cm³/mol. The SMILES string of the molecule is CC(C)(C)c1cnc2ncccc2c1/C=C/C(N)=O. The molecule has 1 amide bonds. The second-order valence-corrected chi connectivity index (χ2v) is 5.45. The Morgan fingerprint density at radius 3 is 2.68 bits per heavy atom. The van der Waals surface area contributed by atoms with Crippen LogP contribution in [0.5, 0.6) is 0 Å². The molecule has 98 valence electrons. The van der Waals surface area contributed by atoms with Crippen LogP contribution in [0.4, 0.5) is 0 Å². The number of aromatic nitrogens is 2. The van der Waals surface area contributed by atoms with Crippen molar-refractivity contribution < 1.29 is 4.79 Å². The second kappa shape index (κ2) is 4.80. The van der Waals surface area contributed by atoms with Crippen molar-refractivity contribution in [1.29, 1.82) is 0 Å². The molecule has 0 radical (unpaired) electrons. The molecule has 4 nitrogen and oxygen atoms in total. The highest BCUT2D eigenvalue weighted by atomic mass is 16.1. The first-order valence-corrected chi connectivity index (χ1v) is 6.11. The number of amides is 1. The van der Waals surface area contributed by atoms with E-state index < -0.39 is 5.91 Å². The summed E-state index contributed by atoms with van der Waals surface area (Å²) in [6.45, 7) is 6.31. The average molecular weight is 255 g/mol. The van der Waals surface area contributed by atoms with Crippen molar-refractivity contribution in [2.45, 2.75) is 26.2 Å². The Morgan fingerprint density at radius 1 is 1.32 bits per heavy atom. The Bertz CT molecular complexity index is 654. The Morgan fingerprint density at radius 2 is 2.05 bits per heavy atom. The highest BCUT2D eigenvalue weighted by molar-refractivity contribution is 5.95. The quantitative estimate of drug-likeness (QED) is 0.838. The van der Waals surface area contributed by atoms with Crippen LogP contribution in [-0.2, 0) is 10.2 Å². The van der Waals surface area contributed by atoms with Crippen LogP contribution in [0.25, 0.3) is 17.1 Å². The molecule has 0 aliphatic heterocycles. The molecule has 2 heterocycles. The van der Waals surface area contributed by atoms with E-state index in [0.29, 0.717) is 5.65 Å². The molecule has 0 bridgehead atoms. The number of rotatable bonds is 2. The molecule has 2 aromatic rings. The first-order chi connectivity index (χ1) is 8.89. The van der Waals surface area contributed by atoms with E-state index in [2.05, 4.69) is 30.7 Å². The van der Waals surface area contributed by atoms with Crippen LogP contribution in [-0.4, -0.2) is 15.9 Å². The average Bonchev–Trinajstić information content (AvgIpc) is 2.34. The molecule has 0 aliphatic rings. The second-order valence-electron chi connectivity index (χ2n) is 5.45. The molecule has 0 aromatic carbocycles. The van der Waals surface area contributed by atoms with Crippen LogP contribution in [0, 0.1) is 0 Å². The van der Waals surface area contributed by atoms with E-state index in [1.807, 2.05) is 18.3 Å². The lowest BCUT2D eigenvalue weighted by Gasteiger charge is -2.22. The maximum atomic E-state index is 11.0. The van der Waals surface area contributed by atoms with E-state index >= 15 is 0 Å². The first-order valence-electron chi connectivity index (χ1n) is 6.11. The van der Waals surface area contributed by atoms with Crippen molar-refractivity contribution in [2.75, 3.05) is 0 Å². The fourth-order valence-electron chi connectivity index (χ4n) is 1.99. The zero-order chi connectivity index (χ0) is 14.0.